The number of methoxy groups -OCH3 is 1. The fourth-order valence-electron chi connectivity index (χ4n) is 3.49. The molecule has 1 rings (SSSR count). The van der Waals surface area contributed by atoms with E-state index in [2.05, 4.69) is 38.0 Å². The lowest BCUT2D eigenvalue weighted by Gasteiger charge is -2.44. The summed E-state index contributed by atoms with van der Waals surface area (Å²) in [5.41, 5.74) is 0.471. The van der Waals surface area contributed by atoms with Gasteiger partial charge in [0.1, 0.15) is 0 Å². The van der Waals surface area contributed by atoms with E-state index < -0.39 is 0 Å². The Morgan fingerprint density at radius 2 is 2.00 bits per heavy atom. The highest BCUT2D eigenvalue weighted by Crippen LogP contribution is 2.39. The predicted octanol–water partition coefficient (Wildman–Crippen LogP) is 3.15. The molecule has 0 aromatic carbocycles. The number of nitrogens with one attached hydrogen (secondary N) is 1. The Balaban J connectivity index is 2.68. The van der Waals surface area contributed by atoms with Crippen LogP contribution in [0.5, 0.6) is 0 Å². The molecule has 1 fully saturated rings. The number of hydrogen-bond donors (Lipinski definition) is 1. The van der Waals surface area contributed by atoms with Crippen LogP contribution in [0.4, 0.5) is 0 Å². The van der Waals surface area contributed by atoms with Crippen LogP contribution in [0.1, 0.15) is 52.9 Å². The molecule has 1 unspecified atom stereocenters. The number of ether oxygens (including phenoxy) is 1. The van der Waals surface area contributed by atoms with Crippen molar-refractivity contribution in [1.29, 1.82) is 0 Å². The molecule has 0 aromatic rings. The molecule has 0 aromatic heterocycles. The Hall–Kier alpha value is -0.120. The average Bonchev–Trinajstić information content (AvgIpc) is 2.46. The van der Waals surface area contributed by atoms with Crippen molar-refractivity contribution in [3.05, 3.63) is 0 Å². The summed E-state index contributed by atoms with van der Waals surface area (Å²) in [5.74, 6) is 0.913. The van der Waals surface area contributed by atoms with E-state index in [4.69, 9.17) is 4.74 Å². The van der Waals surface area contributed by atoms with Crippen LogP contribution in [0.2, 0.25) is 0 Å². The standard InChI is InChI=1S/C17H36N2O/c1-6-16(3)19(11-12-20-5)14-17(13-18-4)9-7-15(2)8-10-17/h15-16,18H,6-14H2,1-5H3. The molecule has 1 aliphatic carbocycles. The van der Waals surface area contributed by atoms with Crippen LogP contribution in [0, 0.1) is 11.3 Å². The molecule has 0 aliphatic heterocycles. The van der Waals surface area contributed by atoms with Gasteiger partial charge in [-0.3, -0.25) is 4.90 Å². The van der Waals surface area contributed by atoms with E-state index in [1.54, 1.807) is 7.11 Å². The maximum Gasteiger partial charge on any atom is 0.0589 e. The largest absolute Gasteiger partial charge is 0.383 e. The summed E-state index contributed by atoms with van der Waals surface area (Å²) < 4.78 is 5.31. The monoisotopic (exact) mass is 284 g/mol. The Morgan fingerprint density at radius 1 is 1.35 bits per heavy atom. The second-order valence-electron chi connectivity index (χ2n) is 6.93. The van der Waals surface area contributed by atoms with E-state index in [9.17, 15) is 0 Å². The minimum Gasteiger partial charge on any atom is -0.383 e. The lowest BCUT2D eigenvalue weighted by Crippen LogP contribution is -2.49. The van der Waals surface area contributed by atoms with Crippen molar-refractivity contribution >= 4 is 0 Å². The minimum atomic E-state index is 0.471. The molecule has 1 aliphatic rings. The summed E-state index contributed by atoms with van der Waals surface area (Å²) in [7, 11) is 3.91. The van der Waals surface area contributed by atoms with Gasteiger partial charge in [0.2, 0.25) is 0 Å². The molecule has 20 heavy (non-hydrogen) atoms. The highest BCUT2D eigenvalue weighted by atomic mass is 16.5. The van der Waals surface area contributed by atoms with Gasteiger partial charge in [0.15, 0.2) is 0 Å². The molecule has 3 heteroatoms. The third kappa shape index (κ3) is 5.34. The summed E-state index contributed by atoms with van der Waals surface area (Å²) in [6, 6.07) is 0.651. The molecule has 0 saturated heterocycles. The van der Waals surface area contributed by atoms with E-state index in [0.29, 0.717) is 11.5 Å². The normalized spacial score (nSPS) is 28.8. The molecule has 0 bridgehead atoms. The van der Waals surface area contributed by atoms with Crippen LogP contribution in [-0.2, 0) is 4.74 Å². The quantitative estimate of drug-likeness (QED) is 0.704. The minimum absolute atomic E-state index is 0.471. The van der Waals surface area contributed by atoms with E-state index in [1.165, 1.54) is 38.6 Å². The van der Waals surface area contributed by atoms with Crippen molar-refractivity contribution in [2.75, 3.05) is 40.4 Å². The van der Waals surface area contributed by atoms with Crippen molar-refractivity contribution < 1.29 is 4.74 Å². The van der Waals surface area contributed by atoms with Gasteiger partial charge in [0.25, 0.3) is 0 Å². The van der Waals surface area contributed by atoms with Crippen LogP contribution in [0.3, 0.4) is 0 Å². The SMILES string of the molecule is CCC(C)N(CCOC)CC1(CNC)CCC(C)CC1. The van der Waals surface area contributed by atoms with Crippen molar-refractivity contribution in [2.45, 2.75) is 58.9 Å². The third-order valence-electron chi connectivity index (χ3n) is 5.22. The molecule has 3 nitrogen and oxygen atoms in total. The summed E-state index contributed by atoms with van der Waals surface area (Å²) in [5, 5.41) is 3.45. The topological polar surface area (TPSA) is 24.5 Å². The third-order valence-corrected chi connectivity index (χ3v) is 5.22. The van der Waals surface area contributed by atoms with Crippen molar-refractivity contribution in [3.63, 3.8) is 0 Å². The van der Waals surface area contributed by atoms with Gasteiger partial charge in [0.05, 0.1) is 6.61 Å². The molecule has 0 radical (unpaired) electrons. The van der Waals surface area contributed by atoms with Crippen LogP contribution < -0.4 is 5.32 Å². The Bertz CT molecular complexity index is 249. The van der Waals surface area contributed by atoms with Gasteiger partial charge >= 0.3 is 0 Å². The number of nitrogens with zero attached hydrogens (tertiary/aromatic N) is 1. The Labute approximate surface area is 126 Å². The molecule has 120 valence electrons. The number of hydrogen-bond acceptors (Lipinski definition) is 3. The zero-order valence-electron chi connectivity index (χ0n) is 14.4. The van der Waals surface area contributed by atoms with Gasteiger partial charge in [-0.05, 0) is 44.6 Å². The first-order chi connectivity index (χ1) is 9.56. The van der Waals surface area contributed by atoms with Crippen LogP contribution in [-0.4, -0.2) is 51.3 Å². The van der Waals surface area contributed by atoms with E-state index in [0.717, 1.165) is 25.6 Å². The van der Waals surface area contributed by atoms with E-state index >= 15 is 0 Å². The van der Waals surface area contributed by atoms with E-state index in [-0.39, 0.29) is 0 Å². The molecule has 0 heterocycles. The second kappa shape index (κ2) is 9.01. The van der Waals surface area contributed by atoms with E-state index in [1.807, 2.05) is 0 Å². The lowest BCUT2D eigenvalue weighted by atomic mass is 9.70. The zero-order valence-corrected chi connectivity index (χ0v) is 14.4. The number of rotatable bonds is 9. The van der Waals surface area contributed by atoms with Gasteiger partial charge in [-0.2, -0.15) is 0 Å². The van der Waals surface area contributed by atoms with Crippen molar-refractivity contribution in [2.24, 2.45) is 11.3 Å². The smallest absolute Gasteiger partial charge is 0.0589 e. The zero-order chi connectivity index (χ0) is 15.0. The van der Waals surface area contributed by atoms with Gasteiger partial charge in [-0.15, -0.1) is 0 Å². The van der Waals surface area contributed by atoms with Crippen LogP contribution in [0.15, 0.2) is 0 Å². The highest BCUT2D eigenvalue weighted by Gasteiger charge is 2.35. The van der Waals surface area contributed by atoms with Crippen LogP contribution in [0.25, 0.3) is 0 Å². The lowest BCUT2D eigenvalue weighted by molar-refractivity contribution is 0.0487. The second-order valence-corrected chi connectivity index (χ2v) is 6.93. The maximum atomic E-state index is 5.31. The summed E-state index contributed by atoms with van der Waals surface area (Å²) in [4.78, 5) is 2.65. The molecular weight excluding hydrogens is 248 g/mol. The van der Waals surface area contributed by atoms with Crippen molar-refractivity contribution in [3.8, 4) is 0 Å². The van der Waals surface area contributed by atoms with Crippen molar-refractivity contribution in [1.82, 2.24) is 10.2 Å². The molecule has 1 saturated carbocycles. The van der Waals surface area contributed by atoms with Gasteiger partial charge in [-0.1, -0.05) is 26.7 Å². The first kappa shape index (κ1) is 17.9. The summed E-state index contributed by atoms with van der Waals surface area (Å²) >= 11 is 0. The first-order valence-corrected chi connectivity index (χ1v) is 8.44. The molecule has 1 N–H and O–H groups in total. The average molecular weight is 284 g/mol. The fraction of sp³-hybridized carbons (Fsp3) is 1.00. The Kier molecular flexibility index (Phi) is 8.08. The van der Waals surface area contributed by atoms with Gasteiger partial charge in [0, 0.05) is 32.8 Å². The predicted molar refractivity (Wildman–Crippen MR) is 87.2 cm³/mol. The van der Waals surface area contributed by atoms with Gasteiger partial charge < -0.3 is 10.1 Å². The van der Waals surface area contributed by atoms with Crippen LogP contribution >= 0.6 is 0 Å². The fourth-order valence-corrected chi connectivity index (χ4v) is 3.49. The molecular formula is C17H36N2O. The first-order valence-electron chi connectivity index (χ1n) is 8.44. The van der Waals surface area contributed by atoms with Gasteiger partial charge in [-0.25, -0.2) is 0 Å². The maximum absolute atomic E-state index is 5.31. The summed E-state index contributed by atoms with van der Waals surface area (Å²) in [6.07, 6.45) is 6.74. The molecule has 0 amide bonds. The molecule has 0 spiro atoms. The Morgan fingerprint density at radius 3 is 2.50 bits per heavy atom. The summed E-state index contributed by atoms with van der Waals surface area (Å²) in [6.45, 7) is 11.3. The molecule has 1 atom stereocenters. The highest BCUT2D eigenvalue weighted by molar-refractivity contribution is 4.90.